The van der Waals surface area contributed by atoms with Gasteiger partial charge >= 0.3 is 5.97 Å². The van der Waals surface area contributed by atoms with Gasteiger partial charge in [0.25, 0.3) is 0 Å². The van der Waals surface area contributed by atoms with Gasteiger partial charge in [-0.1, -0.05) is 6.07 Å². The van der Waals surface area contributed by atoms with Gasteiger partial charge in [0.15, 0.2) is 0 Å². The zero-order valence-corrected chi connectivity index (χ0v) is 11.8. The van der Waals surface area contributed by atoms with E-state index in [2.05, 4.69) is 4.90 Å². The molecule has 0 aliphatic carbocycles. The van der Waals surface area contributed by atoms with Crippen LogP contribution in [-0.2, 0) is 16.1 Å². The van der Waals surface area contributed by atoms with Crippen molar-refractivity contribution in [2.24, 2.45) is 5.92 Å². The molecule has 0 bridgehead atoms. The van der Waals surface area contributed by atoms with E-state index in [1.807, 2.05) is 13.0 Å². The summed E-state index contributed by atoms with van der Waals surface area (Å²) in [5, 5.41) is 0. The van der Waals surface area contributed by atoms with Crippen molar-refractivity contribution >= 4 is 11.7 Å². The normalized spacial score (nSPS) is 17.1. The van der Waals surface area contributed by atoms with Gasteiger partial charge in [-0.05, 0) is 50.6 Å². The summed E-state index contributed by atoms with van der Waals surface area (Å²) in [6, 6.07) is 4.92. The number of halogens is 1. The van der Waals surface area contributed by atoms with Crippen LogP contribution in [0.3, 0.4) is 0 Å². The molecule has 2 N–H and O–H groups in total. The molecule has 110 valence electrons. The molecule has 4 nitrogen and oxygen atoms in total. The number of carbonyl (C=O) groups excluding carboxylic acids is 1. The highest BCUT2D eigenvalue weighted by atomic mass is 19.1. The zero-order chi connectivity index (χ0) is 14.5. The molecule has 1 fully saturated rings. The minimum absolute atomic E-state index is 0.00866. The first-order chi connectivity index (χ1) is 9.60. The van der Waals surface area contributed by atoms with E-state index in [0.717, 1.165) is 31.5 Å². The second-order valence-electron chi connectivity index (χ2n) is 5.16. The number of likely N-dealkylation sites (tertiary alicyclic amines) is 1. The van der Waals surface area contributed by atoms with Gasteiger partial charge in [-0.25, -0.2) is 4.39 Å². The Bertz CT molecular complexity index is 471. The van der Waals surface area contributed by atoms with Crippen molar-refractivity contribution in [2.45, 2.75) is 26.3 Å². The molecule has 0 amide bonds. The highest BCUT2D eigenvalue weighted by Crippen LogP contribution is 2.21. The van der Waals surface area contributed by atoms with Crippen LogP contribution in [0.15, 0.2) is 18.2 Å². The van der Waals surface area contributed by atoms with Crippen LogP contribution >= 0.6 is 0 Å². The number of nitrogens with zero attached hydrogens (tertiary/aromatic N) is 1. The number of nitrogens with two attached hydrogens (primary N) is 1. The maximum absolute atomic E-state index is 13.4. The third-order valence-corrected chi connectivity index (χ3v) is 3.68. The van der Waals surface area contributed by atoms with E-state index in [9.17, 15) is 9.18 Å². The van der Waals surface area contributed by atoms with Crippen molar-refractivity contribution in [1.82, 2.24) is 4.90 Å². The van der Waals surface area contributed by atoms with Gasteiger partial charge in [-0.2, -0.15) is 0 Å². The van der Waals surface area contributed by atoms with Gasteiger partial charge in [0.2, 0.25) is 0 Å². The van der Waals surface area contributed by atoms with Crippen LogP contribution in [-0.4, -0.2) is 30.6 Å². The third kappa shape index (κ3) is 3.70. The summed E-state index contributed by atoms with van der Waals surface area (Å²) in [6.45, 7) is 4.60. The summed E-state index contributed by atoms with van der Waals surface area (Å²) in [4.78, 5) is 13.9. The van der Waals surface area contributed by atoms with Crippen LogP contribution in [0.2, 0.25) is 0 Å². The number of carbonyl (C=O) groups is 1. The third-order valence-electron chi connectivity index (χ3n) is 3.68. The highest BCUT2D eigenvalue weighted by Gasteiger charge is 2.25. The Morgan fingerprint density at radius 3 is 2.75 bits per heavy atom. The minimum Gasteiger partial charge on any atom is -0.466 e. The quantitative estimate of drug-likeness (QED) is 0.678. The Balaban J connectivity index is 1.85. The standard InChI is InChI=1S/C15H21FN2O2/c1-2-20-15(19)12-5-7-18(8-6-12)10-11-3-4-14(17)13(16)9-11/h3-4,9,12H,2,5-8,10,17H2,1H3. The van der Waals surface area contributed by atoms with E-state index >= 15 is 0 Å². The lowest BCUT2D eigenvalue weighted by Gasteiger charge is -2.30. The van der Waals surface area contributed by atoms with Crippen LogP contribution < -0.4 is 5.73 Å². The lowest BCUT2D eigenvalue weighted by Crippen LogP contribution is -2.36. The molecule has 0 unspecified atom stereocenters. The van der Waals surface area contributed by atoms with Crippen LogP contribution in [0.4, 0.5) is 10.1 Å². The Kier molecular flexibility index (Phi) is 4.95. The molecule has 0 saturated carbocycles. The van der Waals surface area contributed by atoms with Gasteiger partial charge in [-0.15, -0.1) is 0 Å². The first-order valence-corrected chi connectivity index (χ1v) is 7.03. The summed E-state index contributed by atoms with van der Waals surface area (Å²) in [7, 11) is 0. The van der Waals surface area contributed by atoms with E-state index < -0.39 is 0 Å². The molecule has 20 heavy (non-hydrogen) atoms. The SMILES string of the molecule is CCOC(=O)C1CCN(Cc2ccc(N)c(F)c2)CC1. The number of anilines is 1. The fourth-order valence-corrected chi connectivity index (χ4v) is 2.51. The van der Waals surface area contributed by atoms with Crippen molar-refractivity contribution in [2.75, 3.05) is 25.4 Å². The Labute approximate surface area is 118 Å². The maximum atomic E-state index is 13.4. The number of benzene rings is 1. The molecule has 5 heteroatoms. The van der Waals surface area contributed by atoms with E-state index in [-0.39, 0.29) is 23.4 Å². The van der Waals surface area contributed by atoms with Crippen molar-refractivity contribution in [1.29, 1.82) is 0 Å². The lowest BCUT2D eigenvalue weighted by molar-refractivity contribution is -0.149. The van der Waals surface area contributed by atoms with Crippen LogP contribution in [0, 0.1) is 11.7 Å². The number of rotatable bonds is 4. The van der Waals surface area contributed by atoms with Gasteiger partial charge in [0, 0.05) is 6.54 Å². The van der Waals surface area contributed by atoms with Crippen LogP contribution in [0.25, 0.3) is 0 Å². The van der Waals surface area contributed by atoms with Crippen molar-refractivity contribution in [3.8, 4) is 0 Å². The summed E-state index contributed by atoms with van der Waals surface area (Å²) < 4.78 is 18.4. The number of hydrogen-bond acceptors (Lipinski definition) is 4. The van der Waals surface area contributed by atoms with Gasteiger partial charge < -0.3 is 10.5 Å². The van der Waals surface area contributed by atoms with E-state index in [0.29, 0.717) is 13.2 Å². The molecule has 1 aromatic rings. The monoisotopic (exact) mass is 280 g/mol. The second kappa shape index (κ2) is 6.70. The van der Waals surface area contributed by atoms with Gasteiger partial charge in [0.05, 0.1) is 18.2 Å². The van der Waals surface area contributed by atoms with Gasteiger partial charge in [0.1, 0.15) is 5.82 Å². The molecule has 0 spiro atoms. The predicted octanol–water partition coefficient (Wildman–Crippen LogP) is 2.18. The molecule has 1 aromatic carbocycles. The smallest absolute Gasteiger partial charge is 0.309 e. The number of ether oxygens (including phenoxy) is 1. The maximum Gasteiger partial charge on any atom is 0.309 e. The number of nitrogen functional groups attached to an aromatic ring is 1. The molecular weight excluding hydrogens is 259 g/mol. The molecule has 0 radical (unpaired) electrons. The fourth-order valence-electron chi connectivity index (χ4n) is 2.51. The number of hydrogen-bond donors (Lipinski definition) is 1. The summed E-state index contributed by atoms with van der Waals surface area (Å²) in [5.41, 5.74) is 6.55. The van der Waals surface area contributed by atoms with E-state index in [4.69, 9.17) is 10.5 Å². The average Bonchev–Trinajstić information content (AvgIpc) is 2.44. The van der Waals surface area contributed by atoms with Crippen LogP contribution in [0.1, 0.15) is 25.3 Å². The second-order valence-corrected chi connectivity index (χ2v) is 5.16. The Morgan fingerprint density at radius 2 is 2.15 bits per heavy atom. The molecule has 1 saturated heterocycles. The minimum atomic E-state index is -0.371. The lowest BCUT2D eigenvalue weighted by atomic mass is 9.96. The zero-order valence-electron chi connectivity index (χ0n) is 11.8. The molecule has 0 atom stereocenters. The number of esters is 1. The van der Waals surface area contributed by atoms with Crippen molar-refractivity contribution in [3.63, 3.8) is 0 Å². The number of piperidine rings is 1. The first-order valence-electron chi connectivity index (χ1n) is 7.03. The molecule has 1 aliphatic rings. The first kappa shape index (κ1) is 14.8. The topological polar surface area (TPSA) is 55.6 Å². The predicted molar refractivity (Wildman–Crippen MR) is 75.4 cm³/mol. The van der Waals surface area contributed by atoms with E-state index in [1.165, 1.54) is 6.07 Å². The molecule has 1 heterocycles. The Morgan fingerprint density at radius 1 is 1.45 bits per heavy atom. The van der Waals surface area contributed by atoms with Crippen molar-refractivity contribution < 1.29 is 13.9 Å². The van der Waals surface area contributed by atoms with Crippen LogP contribution in [0.5, 0.6) is 0 Å². The van der Waals surface area contributed by atoms with E-state index in [1.54, 1.807) is 6.07 Å². The molecule has 1 aliphatic heterocycles. The molecule has 0 aromatic heterocycles. The summed E-state index contributed by atoms with van der Waals surface area (Å²) in [5.74, 6) is -0.455. The fraction of sp³-hybridized carbons (Fsp3) is 0.533. The van der Waals surface area contributed by atoms with Crippen molar-refractivity contribution in [3.05, 3.63) is 29.6 Å². The average molecular weight is 280 g/mol. The Hall–Kier alpha value is -1.62. The van der Waals surface area contributed by atoms with Gasteiger partial charge in [-0.3, -0.25) is 9.69 Å². The summed E-state index contributed by atoms with van der Waals surface area (Å²) in [6.07, 6.45) is 1.60. The highest BCUT2D eigenvalue weighted by molar-refractivity contribution is 5.72. The summed E-state index contributed by atoms with van der Waals surface area (Å²) >= 11 is 0. The largest absolute Gasteiger partial charge is 0.466 e. The molecular formula is C15H21FN2O2. The molecule has 2 rings (SSSR count).